The summed E-state index contributed by atoms with van der Waals surface area (Å²) >= 11 is 0. The second-order valence-electron chi connectivity index (χ2n) is 6.11. The minimum Gasteiger partial charge on any atom is -0.330 e. The zero-order valence-corrected chi connectivity index (χ0v) is 12.4. The van der Waals surface area contributed by atoms with Gasteiger partial charge in [-0.15, -0.1) is 0 Å². The van der Waals surface area contributed by atoms with Crippen LogP contribution >= 0.6 is 0 Å². The Hall–Kier alpha value is -0.860. The molecule has 2 nitrogen and oxygen atoms in total. The fourth-order valence-electron chi connectivity index (χ4n) is 3.44. The van der Waals surface area contributed by atoms with Crippen LogP contribution in [-0.4, -0.2) is 24.5 Å². The summed E-state index contributed by atoms with van der Waals surface area (Å²) in [6.07, 6.45) is 6.71. The molecule has 2 N–H and O–H groups in total. The number of nitrogens with zero attached hydrogens (tertiary/aromatic N) is 1. The minimum atomic E-state index is 0.660. The van der Waals surface area contributed by atoms with E-state index in [9.17, 15) is 0 Å². The van der Waals surface area contributed by atoms with Crippen molar-refractivity contribution in [3.63, 3.8) is 0 Å². The Morgan fingerprint density at radius 3 is 2.74 bits per heavy atom. The van der Waals surface area contributed by atoms with Gasteiger partial charge in [0, 0.05) is 12.6 Å². The van der Waals surface area contributed by atoms with Gasteiger partial charge < -0.3 is 5.73 Å². The summed E-state index contributed by atoms with van der Waals surface area (Å²) in [5, 5.41) is 0. The lowest BCUT2D eigenvalue weighted by molar-refractivity contribution is 0.161. The van der Waals surface area contributed by atoms with Crippen LogP contribution in [0.5, 0.6) is 0 Å². The summed E-state index contributed by atoms with van der Waals surface area (Å²) in [4.78, 5) is 2.53. The lowest BCUT2D eigenvalue weighted by atomic mass is 9.93. The fourth-order valence-corrected chi connectivity index (χ4v) is 3.44. The van der Waals surface area contributed by atoms with Crippen molar-refractivity contribution in [1.82, 2.24) is 4.90 Å². The number of rotatable bonds is 4. The van der Waals surface area contributed by atoms with Gasteiger partial charge in [0.2, 0.25) is 0 Å². The van der Waals surface area contributed by atoms with Crippen LogP contribution < -0.4 is 5.73 Å². The van der Waals surface area contributed by atoms with Crippen molar-refractivity contribution in [3.8, 4) is 0 Å². The quantitative estimate of drug-likeness (QED) is 0.841. The Labute approximate surface area is 118 Å². The highest BCUT2D eigenvalue weighted by molar-refractivity contribution is 5.22. The first-order chi connectivity index (χ1) is 9.20. The first kappa shape index (κ1) is 14.5. The molecule has 1 aromatic carbocycles. The summed E-state index contributed by atoms with van der Waals surface area (Å²) in [5.74, 6) is 0.678. The topological polar surface area (TPSA) is 29.3 Å². The highest BCUT2D eigenvalue weighted by Gasteiger charge is 2.25. The van der Waals surface area contributed by atoms with Crippen LogP contribution in [0.4, 0.5) is 0 Å². The molecule has 0 heterocycles. The predicted molar refractivity (Wildman–Crippen MR) is 82.1 cm³/mol. The van der Waals surface area contributed by atoms with Gasteiger partial charge >= 0.3 is 0 Å². The fraction of sp³-hybridized carbons (Fsp3) is 0.647. The molecule has 2 unspecified atom stereocenters. The lowest BCUT2D eigenvalue weighted by Crippen LogP contribution is -2.40. The molecule has 0 aromatic heterocycles. The number of hydrogen-bond donors (Lipinski definition) is 1. The van der Waals surface area contributed by atoms with Crippen molar-refractivity contribution in [2.45, 2.75) is 51.6 Å². The predicted octanol–water partition coefficient (Wildman–Crippen LogP) is 3.33. The van der Waals surface area contributed by atoms with Gasteiger partial charge in [0.05, 0.1) is 0 Å². The van der Waals surface area contributed by atoms with Gasteiger partial charge in [-0.25, -0.2) is 0 Å². The van der Waals surface area contributed by atoms with E-state index in [2.05, 4.69) is 43.1 Å². The van der Waals surface area contributed by atoms with Gasteiger partial charge in [-0.05, 0) is 44.8 Å². The van der Waals surface area contributed by atoms with E-state index in [0.29, 0.717) is 12.0 Å². The van der Waals surface area contributed by atoms with Crippen molar-refractivity contribution in [2.75, 3.05) is 13.6 Å². The van der Waals surface area contributed by atoms with Crippen LogP contribution in [0.3, 0.4) is 0 Å². The largest absolute Gasteiger partial charge is 0.330 e. The van der Waals surface area contributed by atoms with E-state index >= 15 is 0 Å². The molecule has 0 spiro atoms. The average molecular weight is 260 g/mol. The first-order valence-corrected chi connectivity index (χ1v) is 7.66. The van der Waals surface area contributed by atoms with Crippen molar-refractivity contribution in [2.24, 2.45) is 11.7 Å². The molecule has 2 rings (SSSR count). The Morgan fingerprint density at radius 1 is 1.21 bits per heavy atom. The van der Waals surface area contributed by atoms with Gasteiger partial charge in [0.25, 0.3) is 0 Å². The first-order valence-electron chi connectivity index (χ1n) is 7.66. The van der Waals surface area contributed by atoms with E-state index in [4.69, 9.17) is 5.73 Å². The van der Waals surface area contributed by atoms with Gasteiger partial charge in [-0.1, -0.05) is 49.1 Å². The molecule has 19 heavy (non-hydrogen) atoms. The molecule has 0 radical (unpaired) electrons. The molecule has 1 aliphatic rings. The molecule has 1 aliphatic carbocycles. The van der Waals surface area contributed by atoms with Gasteiger partial charge in [-0.3, -0.25) is 4.90 Å². The summed E-state index contributed by atoms with van der Waals surface area (Å²) in [5.41, 5.74) is 8.76. The van der Waals surface area contributed by atoms with Crippen LogP contribution in [0.25, 0.3) is 0 Å². The smallest absolute Gasteiger partial charge is 0.0233 e. The van der Waals surface area contributed by atoms with E-state index in [-0.39, 0.29) is 0 Å². The third kappa shape index (κ3) is 4.05. The van der Waals surface area contributed by atoms with Crippen molar-refractivity contribution in [1.29, 1.82) is 0 Å². The summed E-state index contributed by atoms with van der Waals surface area (Å²) in [6, 6.07) is 9.51. The molecule has 0 amide bonds. The summed E-state index contributed by atoms with van der Waals surface area (Å²) < 4.78 is 0. The second kappa shape index (κ2) is 7.06. The van der Waals surface area contributed by atoms with Gasteiger partial charge in [0.15, 0.2) is 0 Å². The maximum absolute atomic E-state index is 5.99. The van der Waals surface area contributed by atoms with Crippen LogP contribution in [0.2, 0.25) is 0 Å². The Balaban J connectivity index is 2.02. The van der Waals surface area contributed by atoms with Crippen LogP contribution in [0.1, 0.15) is 43.2 Å². The van der Waals surface area contributed by atoms with Crippen molar-refractivity contribution in [3.05, 3.63) is 35.4 Å². The molecule has 0 saturated heterocycles. The molecule has 1 fully saturated rings. The molecule has 1 saturated carbocycles. The maximum Gasteiger partial charge on any atom is 0.0233 e. The Morgan fingerprint density at radius 2 is 2.00 bits per heavy atom. The van der Waals surface area contributed by atoms with E-state index in [1.165, 1.54) is 43.2 Å². The maximum atomic E-state index is 5.99. The van der Waals surface area contributed by atoms with Gasteiger partial charge in [0.1, 0.15) is 0 Å². The van der Waals surface area contributed by atoms with Crippen molar-refractivity contribution < 1.29 is 0 Å². The third-order valence-electron chi connectivity index (χ3n) is 4.50. The molecule has 2 atom stereocenters. The molecule has 106 valence electrons. The summed E-state index contributed by atoms with van der Waals surface area (Å²) in [7, 11) is 2.26. The monoisotopic (exact) mass is 260 g/mol. The number of aryl methyl sites for hydroxylation is 1. The minimum absolute atomic E-state index is 0.660. The third-order valence-corrected chi connectivity index (χ3v) is 4.50. The Kier molecular flexibility index (Phi) is 5.41. The number of hydrogen-bond acceptors (Lipinski definition) is 2. The molecule has 0 bridgehead atoms. The SMILES string of the molecule is Cc1cccc(CN(C)C2CCCCCC2CN)c1. The number of nitrogens with two attached hydrogens (primary N) is 1. The highest BCUT2D eigenvalue weighted by Crippen LogP contribution is 2.27. The van der Waals surface area contributed by atoms with E-state index in [1.807, 2.05) is 0 Å². The van der Waals surface area contributed by atoms with E-state index in [1.54, 1.807) is 0 Å². The number of benzene rings is 1. The summed E-state index contributed by atoms with van der Waals surface area (Å²) in [6.45, 7) is 4.05. The Bertz CT molecular complexity index is 389. The molecular weight excluding hydrogens is 232 g/mol. The zero-order chi connectivity index (χ0) is 13.7. The molecule has 2 heteroatoms. The van der Waals surface area contributed by atoms with E-state index < -0.39 is 0 Å². The van der Waals surface area contributed by atoms with Gasteiger partial charge in [-0.2, -0.15) is 0 Å². The lowest BCUT2D eigenvalue weighted by Gasteiger charge is -2.33. The van der Waals surface area contributed by atoms with Crippen LogP contribution in [-0.2, 0) is 6.54 Å². The normalized spacial score (nSPS) is 24.4. The highest BCUT2D eigenvalue weighted by atomic mass is 15.1. The molecular formula is C17H28N2. The second-order valence-corrected chi connectivity index (χ2v) is 6.11. The van der Waals surface area contributed by atoms with Crippen LogP contribution in [0, 0.1) is 12.8 Å². The standard InChI is InChI=1S/C17H28N2/c1-14-7-6-8-15(11-14)13-19(2)17-10-5-3-4-9-16(17)12-18/h6-8,11,16-17H,3-5,9-10,12-13,18H2,1-2H3. The van der Waals surface area contributed by atoms with E-state index in [0.717, 1.165) is 13.1 Å². The van der Waals surface area contributed by atoms with Crippen LogP contribution in [0.15, 0.2) is 24.3 Å². The average Bonchev–Trinajstić information content (AvgIpc) is 2.63. The molecule has 0 aliphatic heterocycles. The van der Waals surface area contributed by atoms with Crippen molar-refractivity contribution >= 4 is 0 Å². The zero-order valence-electron chi connectivity index (χ0n) is 12.4. The molecule has 1 aromatic rings.